The van der Waals surface area contributed by atoms with Crippen molar-refractivity contribution in [2.24, 2.45) is 11.7 Å². The monoisotopic (exact) mass is 255 g/mol. The van der Waals surface area contributed by atoms with Crippen LogP contribution < -0.4 is 5.73 Å². The van der Waals surface area contributed by atoms with Crippen LogP contribution in [0.25, 0.3) is 0 Å². The summed E-state index contributed by atoms with van der Waals surface area (Å²) in [4.78, 5) is 0. The lowest BCUT2D eigenvalue weighted by molar-refractivity contribution is 0.139. The Bertz CT molecular complexity index is 317. The van der Waals surface area contributed by atoms with Gasteiger partial charge in [-0.3, -0.25) is 0 Å². The fourth-order valence-corrected chi connectivity index (χ4v) is 2.13. The van der Waals surface area contributed by atoms with E-state index in [1.807, 2.05) is 25.1 Å². The summed E-state index contributed by atoms with van der Waals surface area (Å²) in [6, 6.07) is 8.02. The van der Waals surface area contributed by atoms with Crippen molar-refractivity contribution in [2.75, 3.05) is 19.8 Å². The summed E-state index contributed by atoms with van der Waals surface area (Å²) in [7, 11) is 0. The Morgan fingerprint density at radius 1 is 1.41 bits per heavy atom. The fraction of sp³-hybridized carbons (Fsp3) is 0.571. The lowest BCUT2D eigenvalue weighted by Gasteiger charge is -2.14. The zero-order chi connectivity index (χ0) is 12.5. The van der Waals surface area contributed by atoms with Crippen LogP contribution in [0, 0.1) is 5.92 Å². The fourth-order valence-electron chi connectivity index (χ4n) is 1.92. The molecular formula is C14H22ClNO. The number of ether oxygens (including phenoxy) is 1. The van der Waals surface area contributed by atoms with Crippen LogP contribution in [-0.2, 0) is 11.2 Å². The van der Waals surface area contributed by atoms with Crippen molar-refractivity contribution >= 4 is 11.6 Å². The molecule has 0 heterocycles. The molecule has 0 aliphatic heterocycles. The van der Waals surface area contributed by atoms with Crippen molar-refractivity contribution in [3.05, 3.63) is 34.9 Å². The zero-order valence-corrected chi connectivity index (χ0v) is 11.2. The van der Waals surface area contributed by atoms with Gasteiger partial charge in [0.05, 0.1) is 0 Å². The second kappa shape index (κ2) is 8.51. The first-order chi connectivity index (χ1) is 8.26. The van der Waals surface area contributed by atoms with Gasteiger partial charge in [-0.2, -0.15) is 0 Å². The molecule has 2 N–H and O–H groups in total. The Morgan fingerprint density at radius 3 is 2.88 bits per heavy atom. The largest absolute Gasteiger partial charge is 0.382 e. The molecule has 0 aliphatic rings. The van der Waals surface area contributed by atoms with E-state index in [0.29, 0.717) is 5.92 Å². The molecule has 0 aromatic heterocycles. The van der Waals surface area contributed by atoms with E-state index in [9.17, 15) is 0 Å². The van der Waals surface area contributed by atoms with E-state index in [-0.39, 0.29) is 0 Å². The maximum absolute atomic E-state index is 5.97. The minimum Gasteiger partial charge on any atom is -0.382 e. The third-order valence-electron chi connectivity index (χ3n) is 2.85. The number of hydrogen-bond donors (Lipinski definition) is 1. The molecule has 1 aromatic carbocycles. The molecule has 0 spiro atoms. The Morgan fingerprint density at radius 2 is 2.24 bits per heavy atom. The summed E-state index contributed by atoms with van der Waals surface area (Å²) >= 11 is 5.97. The molecule has 2 nitrogen and oxygen atoms in total. The summed E-state index contributed by atoms with van der Waals surface area (Å²) in [5.41, 5.74) is 7.07. The Kier molecular flexibility index (Phi) is 7.25. The number of halogens is 1. The van der Waals surface area contributed by atoms with Gasteiger partial charge in [0.2, 0.25) is 0 Å². The lowest BCUT2D eigenvalue weighted by Crippen LogP contribution is -2.17. The van der Waals surface area contributed by atoms with E-state index in [1.165, 1.54) is 5.56 Å². The molecule has 0 saturated heterocycles. The topological polar surface area (TPSA) is 35.2 Å². The number of hydrogen-bond acceptors (Lipinski definition) is 2. The van der Waals surface area contributed by atoms with Gasteiger partial charge in [0.15, 0.2) is 0 Å². The van der Waals surface area contributed by atoms with Crippen molar-refractivity contribution in [1.82, 2.24) is 0 Å². The van der Waals surface area contributed by atoms with Gasteiger partial charge in [-0.15, -0.1) is 0 Å². The molecule has 0 aliphatic carbocycles. The summed E-state index contributed by atoms with van der Waals surface area (Å²) in [5.74, 6) is 0.522. The number of nitrogens with two attached hydrogens (primary N) is 1. The first-order valence-corrected chi connectivity index (χ1v) is 6.66. The van der Waals surface area contributed by atoms with Crippen molar-refractivity contribution in [3.8, 4) is 0 Å². The van der Waals surface area contributed by atoms with Gasteiger partial charge in [-0.25, -0.2) is 0 Å². The normalized spacial score (nSPS) is 12.6. The van der Waals surface area contributed by atoms with Crippen molar-refractivity contribution < 1.29 is 4.74 Å². The van der Waals surface area contributed by atoms with Gasteiger partial charge in [0.25, 0.3) is 0 Å². The third-order valence-corrected chi connectivity index (χ3v) is 3.09. The van der Waals surface area contributed by atoms with Gasteiger partial charge >= 0.3 is 0 Å². The summed E-state index contributed by atoms with van der Waals surface area (Å²) in [5, 5.41) is 0.799. The minimum atomic E-state index is 0.522. The first kappa shape index (κ1) is 14.5. The molecule has 17 heavy (non-hydrogen) atoms. The summed E-state index contributed by atoms with van der Waals surface area (Å²) in [6.07, 6.45) is 3.20. The van der Waals surface area contributed by atoms with E-state index >= 15 is 0 Å². The summed E-state index contributed by atoms with van der Waals surface area (Å²) < 4.78 is 5.34. The van der Waals surface area contributed by atoms with Crippen LogP contribution in [-0.4, -0.2) is 19.8 Å². The van der Waals surface area contributed by atoms with Crippen LogP contribution >= 0.6 is 11.6 Å². The van der Waals surface area contributed by atoms with Crippen LogP contribution in [0.1, 0.15) is 25.3 Å². The highest BCUT2D eigenvalue weighted by atomic mass is 35.5. The van der Waals surface area contributed by atoms with Gasteiger partial charge in [0, 0.05) is 18.2 Å². The van der Waals surface area contributed by atoms with Gasteiger partial charge < -0.3 is 10.5 Å². The van der Waals surface area contributed by atoms with E-state index in [4.69, 9.17) is 22.1 Å². The minimum absolute atomic E-state index is 0.522. The van der Waals surface area contributed by atoms with Crippen molar-refractivity contribution in [2.45, 2.75) is 26.2 Å². The molecule has 1 atom stereocenters. The van der Waals surface area contributed by atoms with E-state index in [2.05, 4.69) is 6.07 Å². The lowest BCUT2D eigenvalue weighted by atomic mass is 9.95. The maximum atomic E-state index is 5.97. The van der Waals surface area contributed by atoms with Gasteiger partial charge in [0.1, 0.15) is 0 Å². The second-order valence-corrected chi connectivity index (χ2v) is 4.71. The Balaban J connectivity index is 2.35. The van der Waals surface area contributed by atoms with E-state index in [0.717, 1.165) is 44.0 Å². The predicted molar refractivity (Wildman–Crippen MR) is 73.4 cm³/mol. The Labute approximate surface area is 109 Å². The van der Waals surface area contributed by atoms with Crippen LogP contribution in [0.5, 0.6) is 0 Å². The molecular weight excluding hydrogens is 234 g/mol. The molecule has 1 unspecified atom stereocenters. The third kappa shape index (κ3) is 6.06. The van der Waals surface area contributed by atoms with Crippen LogP contribution in [0.3, 0.4) is 0 Å². The zero-order valence-electron chi connectivity index (χ0n) is 10.5. The molecule has 1 aromatic rings. The molecule has 0 saturated carbocycles. The molecule has 0 radical (unpaired) electrons. The standard InChI is InChI=1S/C14H22ClNO/c1-2-17-8-4-6-13(11-16)9-12-5-3-7-14(15)10-12/h3,5,7,10,13H,2,4,6,8-9,11,16H2,1H3. The van der Waals surface area contributed by atoms with Crippen LogP contribution in [0.4, 0.5) is 0 Å². The highest BCUT2D eigenvalue weighted by Gasteiger charge is 2.08. The highest BCUT2D eigenvalue weighted by molar-refractivity contribution is 6.30. The van der Waals surface area contributed by atoms with Crippen molar-refractivity contribution in [3.63, 3.8) is 0 Å². The molecule has 0 bridgehead atoms. The van der Waals surface area contributed by atoms with Crippen molar-refractivity contribution in [1.29, 1.82) is 0 Å². The summed E-state index contributed by atoms with van der Waals surface area (Å²) in [6.45, 7) is 4.37. The smallest absolute Gasteiger partial charge is 0.0466 e. The molecule has 96 valence electrons. The number of benzene rings is 1. The molecule has 3 heteroatoms. The second-order valence-electron chi connectivity index (χ2n) is 4.27. The average molecular weight is 256 g/mol. The molecule has 0 fully saturated rings. The molecule has 0 amide bonds. The SMILES string of the molecule is CCOCCCC(CN)Cc1cccc(Cl)c1. The van der Waals surface area contributed by atoms with E-state index < -0.39 is 0 Å². The van der Waals surface area contributed by atoms with Crippen LogP contribution in [0.2, 0.25) is 5.02 Å². The van der Waals surface area contributed by atoms with Crippen LogP contribution in [0.15, 0.2) is 24.3 Å². The van der Waals surface area contributed by atoms with Gasteiger partial charge in [-0.05, 0) is 56.3 Å². The quantitative estimate of drug-likeness (QED) is 0.724. The first-order valence-electron chi connectivity index (χ1n) is 6.28. The predicted octanol–water partition coefficient (Wildman–Crippen LogP) is 3.27. The Hall–Kier alpha value is -0.570. The average Bonchev–Trinajstić information content (AvgIpc) is 2.33. The number of rotatable bonds is 8. The maximum Gasteiger partial charge on any atom is 0.0466 e. The highest BCUT2D eigenvalue weighted by Crippen LogP contribution is 2.17. The molecule has 1 rings (SSSR count). The van der Waals surface area contributed by atoms with Gasteiger partial charge in [-0.1, -0.05) is 23.7 Å². The van der Waals surface area contributed by atoms with E-state index in [1.54, 1.807) is 0 Å².